The third kappa shape index (κ3) is 3.80. The Morgan fingerprint density at radius 3 is 2.58 bits per heavy atom. The minimum Gasteiger partial charge on any atom is -0.396 e. The highest BCUT2D eigenvalue weighted by Crippen LogP contribution is 2.40. The van der Waals surface area contributed by atoms with E-state index in [2.05, 4.69) is 59.4 Å². The smallest absolute Gasteiger partial charge is 0.0445 e. The van der Waals surface area contributed by atoms with Gasteiger partial charge in [-0.05, 0) is 42.7 Å². The highest BCUT2D eigenvalue weighted by molar-refractivity contribution is 9.10. The summed E-state index contributed by atoms with van der Waals surface area (Å²) in [4.78, 5) is 0. The average molecular weight is 326 g/mol. The van der Waals surface area contributed by atoms with Crippen LogP contribution < -0.4 is 5.32 Å². The molecule has 0 radical (unpaired) electrons. The summed E-state index contributed by atoms with van der Waals surface area (Å²) in [5.74, 6) is 1.25. The van der Waals surface area contributed by atoms with Gasteiger partial charge in [0.2, 0.25) is 0 Å². The van der Waals surface area contributed by atoms with Crippen LogP contribution in [0.1, 0.15) is 44.6 Å². The monoisotopic (exact) mass is 325 g/mol. The third-order valence-corrected chi connectivity index (χ3v) is 4.90. The second kappa shape index (κ2) is 6.87. The summed E-state index contributed by atoms with van der Waals surface area (Å²) in [6, 6.07) is 9.57. The molecule has 106 valence electrons. The van der Waals surface area contributed by atoms with Crippen LogP contribution in [0.4, 0.5) is 0 Å². The molecule has 1 fully saturated rings. The van der Waals surface area contributed by atoms with E-state index in [1.165, 1.54) is 22.9 Å². The summed E-state index contributed by atoms with van der Waals surface area (Å²) in [7, 11) is 0. The van der Waals surface area contributed by atoms with Crippen molar-refractivity contribution < 1.29 is 5.11 Å². The van der Waals surface area contributed by atoms with Crippen LogP contribution in [0.3, 0.4) is 0 Å². The Hall–Kier alpha value is -0.380. The molecule has 1 aromatic carbocycles. The van der Waals surface area contributed by atoms with Gasteiger partial charge >= 0.3 is 0 Å². The molecule has 19 heavy (non-hydrogen) atoms. The Morgan fingerprint density at radius 1 is 1.32 bits per heavy atom. The van der Waals surface area contributed by atoms with Crippen LogP contribution in [-0.2, 0) is 0 Å². The minimum absolute atomic E-state index is 0.274. The number of rotatable bonds is 6. The Labute approximate surface area is 124 Å². The van der Waals surface area contributed by atoms with Gasteiger partial charge in [0.25, 0.3) is 0 Å². The predicted molar refractivity (Wildman–Crippen MR) is 83.4 cm³/mol. The zero-order valence-electron chi connectivity index (χ0n) is 11.8. The second-order valence-corrected chi connectivity index (χ2v) is 6.77. The van der Waals surface area contributed by atoms with Gasteiger partial charge < -0.3 is 10.4 Å². The first-order chi connectivity index (χ1) is 9.11. The average Bonchev–Trinajstić information content (AvgIpc) is 2.33. The van der Waals surface area contributed by atoms with Gasteiger partial charge in [0.1, 0.15) is 0 Å². The van der Waals surface area contributed by atoms with Crippen molar-refractivity contribution in [1.82, 2.24) is 5.32 Å². The van der Waals surface area contributed by atoms with Crippen LogP contribution in [0.25, 0.3) is 0 Å². The van der Waals surface area contributed by atoms with Crippen molar-refractivity contribution >= 4 is 15.9 Å². The highest BCUT2D eigenvalue weighted by atomic mass is 79.9. The molecule has 0 bridgehead atoms. The topological polar surface area (TPSA) is 32.3 Å². The molecule has 0 saturated heterocycles. The Balaban J connectivity index is 1.84. The minimum atomic E-state index is 0.274. The summed E-state index contributed by atoms with van der Waals surface area (Å²) in [5, 5.41) is 12.8. The largest absolute Gasteiger partial charge is 0.396 e. The number of halogens is 1. The molecule has 0 heterocycles. The van der Waals surface area contributed by atoms with E-state index in [9.17, 15) is 0 Å². The molecule has 1 aliphatic rings. The maximum absolute atomic E-state index is 9.11. The number of aliphatic hydroxyl groups is 1. The Kier molecular flexibility index (Phi) is 5.43. The molecule has 1 aromatic rings. The van der Waals surface area contributed by atoms with E-state index < -0.39 is 0 Å². The fourth-order valence-corrected chi connectivity index (χ4v) is 3.47. The standard InChI is InChI=1S/C16H24BrNO/c1-11(2)16(7-8-19)18-13-9-12(10-13)14-5-3-4-6-15(14)17/h3-6,11-13,16,18-19H,7-10H2,1-2H3. The van der Waals surface area contributed by atoms with Gasteiger partial charge in [0.05, 0.1) is 0 Å². The SMILES string of the molecule is CC(C)C(CCO)NC1CC(c2ccccc2Br)C1. The number of hydrogen-bond acceptors (Lipinski definition) is 2. The van der Waals surface area contributed by atoms with E-state index in [1.807, 2.05) is 0 Å². The van der Waals surface area contributed by atoms with Crippen LogP contribution in [0.15, 0.2) is 28.7 Å². The van der Waals surface area contributed by atoms with Gasteiger partial charge in [-0.3, -0.25) is 0 Å². The number of aliphatic hydroxyl groups excluding tert-OH is 1. The molecule has 0 aromatic heterocycles. The molecule has 2 nitrogen and oxygen atoms in total. The summed E-state index contributed by atoms with van der Waals surface area (Å²) < 4.78 is 1.23. The molecule has 3 heteroatoms. The quantitative estimate of drug-likeness (QED) is 0.836. The second-order valence-electron chi connectivity index (χ2n) is 5.92. The van der Waals surface area contributed by atoms with Crippen molar-refractivity contribution in [1.29, 1.82) is 0 Å². The van der Waals surface area contributed by atoms with E-state index in [0.29, 0.717) is 23.9 Å². The van der Waals surface area contributed by atoms with Crippen LogP contribution in [0, 0.1) is 5.92 Å². The predicted octanol–water partition coefficient (Wildman–Crippen LogP) is 3.69. The fraction of sp³-hybridized carbons (Fsp3) is 0.625. The van der Waals surface area contributed by atoms with Crippen molar-refractivity contribution in [2.24, 2.45) is 5.92 Å². The van der Waals surface area contributed by atoms with Crippen molar-refractivity contribution in [3.63, 3.8) is 0 Å². The van der Waals surface area contributed by atoms with Gasteiger partial charge in [0.15, 0.2) is 0 Å². The molecule has 1 atom stereocenters. The molecule has 1 unspecified atom stereocenters. The van der Waals surface area contributed by atoms with Gasteiger partial charge in [-0.2, -0.15) is 0 Å². The number of benzene rings is 1. The fourth-order valence-electron chi connectivity index (χ4n) is 2.87. The molecule has 0 amide bonds. The summed E-state index contributed by atoms with van der Waals surface area (Å²) in [5.41, 5.74) is 1.43. The van der Waals surface area contributed by atoms with Gasteiger partial charge in [0, 0.05) is 23.2 Å². The highest BCUT2D eigenvalue weighted by Gasteiger charge is 2.32. The van der Waals surface area contributed by atoms with Crippen molar-refractivity contribution in [2.75, 3.05) is 6.61 Å². The molecule has 1 saturated carbocycles. The van der Waals surface area contributed by atoms with Crippen molar-refractivity contribution in [3.05, 3.63) is 34.3 Å². The lowest BCUT2D eigenvalue weighted by Crippen LogP contribution is -2.47. The van der Waals surface area contributed by atoms with E-state index in [4.69, 9.17) is 5.11 Å². The first-order valence-corrected chi connectivity index (χ1v) is 8.02. The first kappa shape index (κ1) is 15.0. The van der Waals surface area contributed by atoms with Crippen LogP contribution in [0.5, 0.6) is 0 Å². The van der Waals surface area contributed by atoms with E-state index >= 15 is 0 Å². The number of hydrogen-bond donors (Lipinski definition) is 2. The van der Waals surface area contributed by atoms with Crippen molar-refractivity contribution in [2.45, 2.75) is 51.1 Å². The van der Waals surface area contributed by atoms with Crippen LogP contribution in [0.2, 0.25) is 0 Å². The maximum atomic E-state index is 9.11. The lowest BCUT2D eigenvalue weighted by Gasteiger charge is -2.40. The molecule has 1 aliphatic carbocycles. The maximum Gasteiger partial charge on any atom is 0.0445 e. The van der Waals surface area contributed by atoms with Crippen molar-refractivity contribution in [3.8, 4) is 0 Å². The van der Waals surface area contributed by atoms with Gasteiger partial charge in [-0.25, -0.2) is 0 Å². The van der Waals surface area contributed by atoms with Crippen LogP contribution in [-0.4, -0.2) is 23.8 Å². The number of nitrogens with one attached hydrogen (secondary N) is 1. The third-order valence-electron chi connectivity index (χ3n) is 4.18. The summed E-state index contributed by atoms with van der Waals surface area (Å²) in [6.07, 6.45) is 3.27. The van der Waals surface area contributed by atoms with E-state index in [-0.39, 0.29) is 6.61 Å². The lowest BCUT2D eigenvalue weighted by atomic mass is 9.75. The van der Waals surface area contributed by atoms with Crippen LogP contribution >= 0.6 is 15.9 Å². The van der Waals surface area contributed by atoms with Gasteiger partial charge in [-0.15, -0.1) is 0 Å². The molecule has 0 aliphatic heterocycles. The zero-order chi connectivity index (χ0) is 13.8. The van der Waals surface area contributed by atoms with Gasteiger partial charge in [-0.1, -0.05) is 48.0 Å². The molecular formula is C16H24BrNO. The summed E-state index contributed by atoms with van der Waals surface area (Å²) in [6.45, 7) is 4.71. The lowest BCUT2D eigenvalue weighted by molar-refractivity contribution is 0.199. The normalized spacial score (nSPS) is 24.3. The van der Waals surface area contributed by atoms with E-state index in [1.54, 1.807) is 0 Å². The summed E-state index contributed by atoms with van der Waals surface area (Å²) >= 11 is 3.64. The molecular weight excluding hydrogens is 302 g/mol. The first-order valence-electron chi connectivity index (χ1n) is 7.23. The molecule has 2 rings (SSSR count). The molecule has 2 N–H and O–H groups in total. The zero-order valence-corrected chi connectivity index (χ0v) is 13.4. The Bertz CT molecular complexity index is 401. The Morgan fingerprint density at radius 2 is 2.00 bits per heavy atom. The van der Waals surface area contributed by atoms with E-state index in [0.717, 1.165) is 6.42 Å². The molecule has 0 spiro atoms.